The Kier molecular flexibility index (Phi) is 5.83. The largest absolute Gasteiger partial charge is 0.385 e. The fourth-order valence-electron chi connectivity index (χ4n) is 2.35. The zero-order chi connectivity index (χ0) is 14.2. The number of ether oxygens (including phenoxy) is 2. The van der Waals surface area contributed by atoms with Crippen molar-refractivity contribution in [3.05, 3.63) is 29.8 Å². The number of anilines is 1. The predicted molar refractivity (Wildman–Crippen MR) is 78.0 cm³/mol. The van der Waals surface area contributed by atoms with Gasteiger partial charge < -0.3 is 20.1 Å². The summed E-state index contributed by atoms with van der Waals surface area (Å²) in [6.45, 7) is 3.02. The van der Waals surface area contributed by atoms with Crippen LogP contribution in [0.5, 0.6) is 0 Å². The van der Waals surface area contributed by atoms with Crippen molar-refractivity contribution in [3.8, 4) is 0 Å². The number of amides is 1. The first-order valence-electron chi connectivity index (χ1n) is 7.00. The molecule has 1 aliphatic rings. The van der Waals surface area contributed by atoms with Gasteiger partial charge in [0.05, 0.1) is 25.7 Å². The van der Waals surface area contributed by atoms with Crippen LogP contribution in [0.15, 0.2) is 24.3 Å². The summed E-state index contributed by atoms with van der Waals surface area (Å²) in [5, 5.41) is 6.26. The maximum Gasteiger partial charge on any atom is 0.227 e. The van der Waals surface area contributed by atoms with Gasteiger partial charge in [-0.15, -0.1) is 0 Å². The van der Waals surface area contributed by atoms with Crippen molar-refractivity contribution in [2.75, 3.05) is 45.3 Å². The molecular formula is C15H22N2O3. The molecule has 20 heavy (non-hydrogen) atoms. The summed E-state index contributed by atoms with van der Waals surface area (Å²) in [5.74, 6) is 0.0146. The summed E-state index contributed by atoms with van der Waals surface area (Å²) in [4.78, 5) is 12.2. The Balaban J connectivity index is 1.79. The second-order valence-electron chi connectivity index (χ2n) is 4.75. The fraction of sp³-hybridized carbons (Fsp3) is 0.533. The minimum Gasteiger partial charge on any atom is -0.385 e. The van der Waals surface area contributed by atoms with Gasteiger partial charge in [-0.1, -0.05) is 18.2 Å². The minimum absolute atomic E-state index is 0.0635. The predicted octanol–water partition coefficient (Wildman–Crippen LogP) is 1.36. The Hall–Kier alpha value is -1.59. The van der Waals surface area contributed by atoms with Crippen LogP contribution in [0.4, 0.5) is 5.69 Å². The molecule has 0 fully saturated rings. The van der Waals surface area contributed by atoms with Crippen LogP contribution in [-0.2, 0) is 14.3 Å². The van der Waals surface area contributed by atoms with Crippen molar-refractivity contribution in [2.24, 2.45) is 0 Å². The molecule has 0 radical (unpaired) electrons. The zero-order valence-corrected chi connectivity index (χ0v) is 11.9. The van der Waals surface area contributed by atoms with E-state index in [9.17, 15) is 4.79 Å². The van der Waals surface area contributed by atoms with Crippen LogP contribution in [0.2, 0.25) is 0 Å². The molecule has 1 amide bonds. The summed E-state index contributed by atoms with van der Waals surface area (Å²) >= 11 is 0. The SMILES string of the molecule is COCCOCCNC(=O)C1CCNc2ccccc21. The molecule has 1 aromatic carbocycles. The maximum atomic E-state index is 12.2. The first-order chi connectivity index (χ1) is 9.83. The highest BCUT2D eigenvalue weighted by Crippen LogP contribution is 2.31. The third-order valence-corrected chi connectivity index (χ3v) is 3.38. The van der Waals surface area contributed by atoms with Crippen molar-refractivity contribution in [2.45, 2.75) is 12.3 Å². The van der Waals surface area contributed by atoms with Gasteiger partial charge in [0.25, 0.3) is 0 Å². The van der Waals surface area contributed by atoms with Crippen molar-refractivity contribution < 1.29 is 14.3 Å². The number of carbonyl (C=O) groups is 1. The van der Waals surface area contributed by atoms with E-state index in [2.05, 4.69) is 10.6 Å². The Labute approximate surface area is 119 Å². The van der Waals surface area contributed by atoms with Crippen molar-refractivity contribution in [1.29, 1.82) is 0 Å². The van der Waals surface area contributed by atoms with E-state index >= 15 is 0 Å². The van der Waals surface area contributed by atoms with E-state index in [-0.39, 0.29) is 11.8 Å². The number of benzene rings is 1. The Bertz CT molecular complexity index is 437. The monoisotopic (exact) mass is 278 g/mol. The van der Waals surface area contributed by atoms with Crippen LogP contribution in [0.25, 0.3) is 0 Å². The molecule has 1 unspecified atom stereocenters. The van der Waals surface area contributed by atoms with Crippen LogP contribution in [0, 0.1) is 0 Å². The molecule has 0 aromatic heterocycles. The smallest absolute Gasteiger partial charge is 0.227 e. The summed E-state index contributed by atoms with van der Waals surface area (Å²) in [6.07, 6.45) is 0.827. The summed E-state index contributed by atoms with van der Waals surface area (Å²) in [6, 6.07) is 7.99. The second kappa shape index (κ2) is 7.87. The molecule has 5 heteroatoms. The van der Waals surface area contributed by atoms with Gasteiger partial charge in [0.1, 0.15) is 0 Å². The molecule has 1 aliphatic heterocycles. The number of hydrogen-bond donors (Lipinski definition) is 2. The zero-order valence-electron chi connectivity index (χ0n) is 11.9. The van der Waals surface area contributed by atoms with Gasteiger partial charge in [0.15, 0.2) is 0 Å². The van der Waals surface area contributed by atoms with E-state index in [1.807, 2.05) is 24.3 Å². The highest BCUT2D eigenvalue weighted by atomic mass is 16.5. The lowest BCUT2D eigenvalue weighted by Crippen LogP contribution is -2.35. The average Bonchev–Trinajstić information content (AvgIpc) is 2.50. The molecule has 2 rings (SSSR count). The van der Waals surface area contributed by atoms with E-state index in [0.29, 0.717) is 26.4 Å². The molecule has 0 saturated heterocycles. The van der Waals surface area contributed by atoms with Gasteiger partial charge in [0.2, 0.25) is 5.91 Å². The van der Waals surface area contributed by atoms with E-state index in [0.717, 1.165) is 24.2 Å². The molecular weight excluding hydrogens is 256 g/mol. The molecule has 5 nitrogen and oxygen atoms in total. The normalized spacial score (nSPS) is 17.1. The Morgan fingerprint density at radius 3 is 3.05 bits per heavy atom. The number of hydrogen-bond acceptors (Lipinski definition) is 4. The van der Waals surface area contributed by atoms with Crippen molar-refractivity contribution >= 4 is 11.6 Å². The van der Waals surface area contributed by atoms with Crippen LogP contribution in [0.1, 0.15) is 17.9 Å². The molecule has 110 valence electrons. The molecule has 1 atom stereocenters. The Morgan fingerprint density at radius 1 is 1.35 bits per heavy atom. The van der Waals surface area contributed by atoms with E-state index < -0.39 is 0 Å². The quantitative estimate of drug-likeness (QED) is 0.740. The third-order valence-electron chi connectivity index (χ3n) is 3.38. The van der Waals surface area contributed by atoms with E-state index in [4.69, 9.17) is 9.47 Å². The standard InChI is InChI=1S/C15H22N2O3/c1-19-10-11-20-9-8-17-15(18)13-6-7-16-14-5-3-2-4-12(13)14/h2-5,13,16H,6-11H2,1H3,(H,17,18). The third kappa shape index (κ3) is 3.95. The van der Waals surface area contributed by atoms with Gasteiger partial charge in [-0.3, -0.25) is 4.79 Å². The summed E-state index contributed by atoms with van der Waals surface area (Å²) in [5.41, 5.74) is 2.15. The first kappa shape index (κ1) is 14.8. The molecule has 0 aliphatic carbocycles. The molecule has 2 N–H and O–H groups in total. The second-order valence-corrected chi connectivity index (χ2v) is 4.75. The molecule has 0 saturated carbocycles. The highest BCUT2D eigenvalue weighted by Gasteiger charge is 2.25. The van der Waals surface area contributed by atoms with Gasteiger partial charge in [-0.25, -0.2) is 0 Å². The van der Waals surface area contributed by atoms with E-state index in [1.54, 1.807) is 7.11 Å². The summed E-state index contributed by atoms with van der Waals surface area (Å²) < 4.78 is 10.2. The van der Waals surface area contributed by atoms with Crippen molar-refractivity contribution in [3.63, 3.8) is 0 Å². The number of para-hydroxylation sites is 1. The van der Waals surface area contributed by atoms with Crippen LogP contribution >= 0.6 is 0 Å². The Morgan fingerprint density at radius 2 is 2.20 bits per heavy atom. The van der Waals surface area contributed by atoms with Crippen molar-refractivity contribution in [1.82, 2.24) is 5.32 Å². The summed E-state index contributed by atoms with van der Waals surface area (Å²) in [7, 11) is 1.64. The van der Waals surface area contributed by atoms with Gasteiger partial charge in [-0.05, 0) is 18.1 Å². The van der Waals surface area contributed by atoms with Crippen LogP contribution in [-0.4, -0.2) is 45.9 Å². The molecule has 0 spiro atoms. The fourth-order valence-corrected chi connectivity index (χ4v) is 2.35. The first-order valence-corrected chi connectivity index (χ1v) is 7.00. The maximum absolute atomic E-state index is 12.2. The molecule has 0 bridgehead atoms. The highest BCUT2D eigenvalue weighted by molar-refractivity contribution is 5.86. The number of fused-ring (bicyclic) bond motifs is 1. The van der Waals surface area contributed by atoms with Gasteiger partial charge in [0, 0.05) is 25.9 Å². The number of carbonyl (C=O) groups excluding carboxylic acids is 1. The van der Waals surface area contributed by atoms with Crippen LogP contribution < -0.4 is 10.6 Å². The van der Waals surface area contributed by atoms with Gasteiger partial charge >= 0.3 is 0 Å². The molecule has 1 heterocycles. The lowest BCUT2D eigenvalue weighted by molar-refractivity contribution is -0.123. The van der Waals surface area contributed by atoms with E-state index in [1.165, 1.54) is 0 Å². The van der Waals surface area contributed by atoms with Gasteiger partial charge in [-0.2, -0.15) is 0 Å². The average molecular weight is 278 g/mol. The number of methoxy groups -OCH3 is 1. The number of nitrogens with one attached hydrogen (secondary N) is 2. The van der Waals surface area contributed by atoms with Crippen LogP contribution in [0.3, 0.4) is 0 Å². The molecule has 1 aromatic rings. The number of rotatable bonds is 7. The lowest BCUT2D eigenvalue weighted by Gasteiger charge is -2.25. The lowest BCUT2D eigenvalue weighted by atomic mass is 9.90. The topological polar surface area (TPSA) is 59.6 Å². The minimum atomic E-state index is -0.0635.